The molecule has 130 valence electrons. The molecule has 0 radical (unpaired) electrons. The van der Waals surface area contributed by atoms with E-state index >= 15 is 0 Å². The van der Waals surface area contributed by atoms with Gasteiger partial charge in [-0.25, -0.2) is 0 Å². The number of H-pyrrole nitrogens is 1. The van der Waals surface area contributed by atoms with Crippen LogP contribution in [0.5, 0.6) is 0 Å². The number of aryl methyl sites for hydroxylation is 1. The van der Waals surface area contributed by atoms with E-state index in [1.807, 2.05) is 0 Å². The van der Waals surface area contributed by atoms with Gasteiger partial charge in [0.25, 0.3) is 5.91 Å². The van der Waals surface area contributed by atoms with E-state index in [2.05, 4.69) is 4.98 Å². The Labute approximate surface area is 144 Å². The van der Waals surface area contributed by atoms with E-state index < -0.39 is 11.1 Å². The molecule has 0 bridgehead atoms. The van der Waals surface area contributed by atoms with Gasteiger partial charge in [0.2, 0.25) is 0 Å². The molecule has 24 heavy (non-hydrogen) atoms. The van der Waals surface area contributed by atoms with Crippen LogP contribution in [0.1, 0.15) is 30.1 Å². The van der Waals surface area contributed by atoms with E-state index in [1.54, 1.807) is 30.0 Å². The molecule has 1 unspecified atom stereocenters. The van der Waals surface area contributed by atoms with Crippen LogP contribution in [-0.2, 0) is 6.54 Å². The number of aromatic amines is 1. The molecule has 0 saturated carbocycles. The Kier molecular flexibility index (Phi) is 5.46. The molecule has 1 aliphatic rings. The zero-order valence-electron chi connectivity index (χ0n) is 13.4. The average Bonchev–Trinajstić information content (AvgIpc) is 3.03. The largest absolute Gasteiger partial charge is 0.334 e. The van der Waals surface area contributed by atoms with Gasteiger partial charge in [0.05, 0.1) is 11.0 Å². The van der Waals surface area contributed by atoms with Crippen molar-refractivity contribution in [2.24, 2.45) is 5.73 Å². The fourth-order valence-electron chi connectivity index (χ4n) is 3.24. The number of amides is 1. The average molecular weight is 353 g/mol. The summed E-state index contributed by atoms with van der Waals surface area (Å²) < 4.78 is 1.40. The number of benzene rings is 1. The summed E-state index contributed by atoms with van der Waals surface area (Å²) in [5.41, 5.74) is 6.07. The summed E-state index contributed by atoms with van der Waals surface area (Å²) in [5, 5.41) is 0. The summed E-state index contributed by atoms with van der Waals surface area (Å²) in [6.07, 6.45) is 1.87. The number of nitrogens with one attached hydrogen (secondary N) is 1. The Hall–Kier alpha value is -2.12. The zero-order chi connectivity index (χ0) is 16.6. The minimum Gasteiger partial charge on any atom is -0.334 e. The number of nitrogens with zero attached hydrogens (tertiary/aromatic N) is 2. The number of halogens is 1. The Balaban J connectivity index is 0.00000208. The fourth-order valence-corrected chi connectivity index (χ4v) is 3.24. The molecule has 1 saturated heterocycles. The smallest absolute Gasteiger partial charge is 0.316 e. The topological polar surface area (TPSA) is 101 Å². The van der Waals surface area contributed by atoms with Crippen molar-refractivity contribution in [2.75, 3.05) is 13.1 Å². The van der Waals surface area contributed by atoms with Crippen LogP contribution in [0.15, 0.2) is 27.8 Å². The molecular weight excluding hydrogens is 332 g/mol. The van der Waals surface area contributed by atoms with Crippen LogP contribution < -0.4 is 16.9 Å². The highest BCUT2D eigenvalue weighted by atomic mass is 35.5. The number of carbonyl (C=O) groups is 1. The summed E-state index contributed by atoms with van der Waals surface area (Å²) in [7, 11) is 0. The van der Waals surface area contributed by atoms with Crippen molar-refractivity contribution in [2.45, 2.75) is 32.4 Å². The molecule has 3 N–H and O–H groups in total. The molecule has 2 aromatic rings. The molecule has 2 heterocycles. The summed E-state index contributed by atoms with van der Waals surface area (Å²) in [6.45, 7) is 3.35. The molecule has 1 atom stereocenters. The number of nitrogens with two attached hydrogens (primary N) is 1. The standard InChI is InChI=1S/C16H20N4O3.ClH/c1-2-19-13-6-5-10(8-12(13)18-14(21)16(19)23)15(22)20-7-3-4-11(20)9-17;/h5-6,8,11H,2-4,7,9,17H2,1H3,(H,18,21);1H. The zero-order valence-corrected chi connectivity index (χ0v) is 14.3. The quantitative estimate of drug-likeness (QED) is 0.794. The number of carbonyl (C=O) groups excluding carboxylic acids is 1. The van der Waals surface area contributed by atoms with Crippen molar-refractivity contribution in [3.63, 3.8) is 0 Å². The van der Waals surface area contributed by atoms with Crippen LogP contribution in [0.4, 0.5) is 0 Å². The molecule has 1 fully saturated rings. The maximum atomic E-state index is 12.7. The number of fused-ring (bicyclic) bond motifs is 1. The normalized spacial score (nSPS) is 17.1. The maximum absolute atomic E-state index is 12.7. The molecule has 0 spiro atoms. The molecule has 1 aromatic heterocycles. The lowest BCUT2D eigenvalue weighted by Crippen LogP contribution is -2.40. The van der Waals surface area contributed by atoms with Gasteiger partial charge in [-0.3, -0.25) is 14.4 Å². The summed E-state index contributed by atoms with van der Waals surface area (Å²) in [5.74, 6) is -0.0880. The molecule has 1 amide bonds. The third kappa shape index (κ3) is 2.97. The van der Waals surface area contributed by atoms with Gasteiger partial charge in [-0.05, 0) is 38.0 Å². The number of rotatable bonds is 3. The molecular formula is C16H21ClN4O3. The highest BCUT2D eigenvalue weighted by molar-refractivity contribution is 5.97. The number of hydrogen-bond donors (Lipinski definition) is 2. The Bertz CT molecular complexity index is 874. The first-order valence-corrected chi connectivity index (χ1v) is 7.84. The Morgan fingerprint density at radius 2 is 2.12 bits per heavy atom. The van der Waals surface area contributed by atoms with Gasteiger partial charge in [0.1, 0.15) is 0 Å². The van der Waals surface area contributed by atoms with E-state index in [1.165, 1.54) is 4.57 Å². The third-order valence-corrected chi connectivity index (χ3v) is 4.45. The number of hydrogen-bond acceptors (Lipinski definition) is 4. The minimum absolute atomic E-state index is 0. The van der Waals surface area contributed by atoms with Gasteiger partial charge >= 0.3 is 11.1 Å². The van der Waals surface area contributed by atoms with Crippen molar-refractivity contribution in [3.8, 4) is 0 Å². The molecule has 1 aliphatic heterocycles. The highest BCUT2D eigenvalue weighted by Gasteiger charge is 2.28. The predicted octanol–water partition coefficient (Wildman–Crippen LogP) is 0.695. The minimum atomic E-state index is -0.676. The molecule has 3 rings (SSSR count). The lowest BCUT2D eigenvalue weighted by molar-refractivity contribution is 0.0741. The van der Waals surface area contributed by atoms with Gasteiger partial charge in [0, 0.05) is 31.2 Å². The molecule has 0 aliphatic carbocycles. The van der Waals surface area contributed by atoms with Crippen molar-refractivity contribution in [3.05, 3.63) is 44.5 Å². The molecule has 8 heteroatoms. The van der Waals surface area contributed by atoms with Crippen LogP contribution in [-0.4, -0.2) is 39.5 Å². The number of likely N-dealkylation sites (tertiary alicyclic amines) is 1. The Morgan fingerprint density at radius 3 is 2.79 bits per heavy atom. The molecule has 1 aromatic carbocycles. The summed E-state index contributed by atoms with van der Waals surface area (Å²) >= 11 is 0. The third-order valence-electron chi connectivity index (χ3n) is 4.45. The van der Waals surface area contributed by atoms with Crippen LogP contribution in [0.3, 0.4) is 0 Å². The summed E-state index contributed by atoms with van der Waals surface area (Å²) in [4.78, 5) is 40.6. The Morgan fingerprint density at radius 1 is 1.38 bits per heavy atom. The van der Waals surface area contributed by atoms with Crippen molar-refractivity contribution in [1.82, 2.24) is 14.5 Å². The fraction of sp³-hybridized carbons (Fsp3) is 0.438. The van der Waals surface area contributed by atoms with Gasteiger partial charge in [-0.1, -0.05) is 0 Å². The first-order chi connectivity index (χ1) is 11.1. The van der Waals surface area contributed by atoms with Crippen molar-refractivity contribution < 1.29 is 4.79 Å². The van der Waals surface area contributed by atoms with Gasteiger partial charge < -0.3 is 20.2 Å². The van der Waals surface area contributed by atoms with E-state index in [0.717, 1.165) is 12.8 Å². The van der Waals surface area contributed by atoms with Crippen LogP contribution in [0, 0.1) is 0 Å². The highest BCUT2D eigenvalue weighted by Crippen LogP contribution is 2.20. The first kappa shape index (κ1) is 18.2. The first-order valence-electron chi connectivity index (χ1n) is 7.84. The van der Waals surface area contributed by atoms with E-state index in [-0.39, 0.29) is 24.4 Å². The number of aromatic nitrogens is 2. The monoisotopic (exact) mass is 352 g/mol. The van der Waals surface area contributed by atoms with E-state index in [9.17, 15) is 14.4 Å². The second-order valence-corrected chi connectivity index (χ2v) is 5.77. The van der Waals surface area contributed by atoms with E-state index in [4.69, 9.17) is 5.73 Å². The second-order valence-electron chi connectivity index (χ2n) is 5.77. The van der Waals surface area contributed by atoms with E-state index in [0.29, 0.717) is 36.2 Å². The summed E-state index contributed by atoms with van der Waals surface area (Å²) in [6, 6.07) is 5.11. The lowest BCUT2D eigenvalue weighted by atomic mass is 10.1. The molecule has 7 nitrogen and oxygen atoms in total. The van der Waals surface area contributed by atoms with Crippen LogP contribution >= 0.6 is 12.4 Å². The maximum Gasteiger partial charge on any atom is 0.316 e. The predicted molar refractivity (Wildman–Crippen MR) is 94.9 cm³/mol. The van der Waals surface area contributed by atoms with Crippen LogP contribution in [0.25, 0.3) is 11.0 Å². The van der Waals surface area contributed by atoms with Gasteiger partial charge in [0.15, 0.2) is 0 Å². The second kappa shape index (κ2) is 7.19. The van der Waals surface area contributed by atoms with Crippen molar-refractivity contribution in [1.29, 1.82) is 0 Å². The SMILES string of the molecule is CCn1c(=O)c(=O)[nH]c2cc(C(=O)N3CCCC3CN)ccc21.Cl. The van der Waals surface area contributed by atoms with Crippen molar-refractivity contribution >= 4 is 29.3 Å². The lowest BCUT2D eigenvalue weighted by Gasteiger charge is -2.23. The van der Waals surface area contributed by atoms with Gasteiger partial charge in [-0.2, -0.15) is 0 Å². The van der Waals surface area contributed by atoms with Crippen LogP contribution in [0.2, 0.25) is 0 Å². The van der Waals surface area contributed by atoms with Gasteiger partial charge in [-0.15, -0.1) is 12.4 Å².